The highest BCUT2D eigenvalue weighted by Crippen LogP contribution is 2.37. The van der Waals surface area contributed by atoms with Crippen molar-refractivity contribution in [3.8, 4) is 0 Å². The topological polar surface area (TPSA) is 40.6 Å². The van der Waals surface area contributed by atoms with E-state index in [1.807, 2.05) is 86.7 Å². The normalized spacial score (nSPS) is 16.4. The molecule has 4 heteroatoms. The molecule has 4 rings (SSSR count). The van der Waals surface area contributed by atoms with Crippen LogP contribution < -0.4 is 4.90 Å². The van der Waals surface area contributed by atoms with Gasteiger partial charge in [-0.3, -0.25) is 14.5 Å². The molecule has 3 aromatic carbocycles. The highest BCUT2D eigenvalue weighted by molar-refractivity contribution is 6.07. The molecule has 162 valence electrons. The van der Waals surface area contributed by atoms with E-state index in [2.05, 4.69) is 12.6 Å². The van der Waals surface area contributed by atoms with Crippen LogP contribution in [0.5, 0.6) is 0 Å². The second kappa shape index (κ2) is 9.23. The molecule has 1 saturated heterocycles. The molecule has 0 N–H and O–H groups in total. The summed E-state index contributed by atoms with van der Waals surface area (Å²) in [6, 6.07) is 22.8. The van der Waals surface area contributed by atoms with Gasteiger partial charge in [-0.05, 0) is 54.2 Å². The van der Waals surface area contributed by atoms with Gasteiger partial charge in [-0.2, -0.15) is 0 Å². The SMILES string of the molecule is C=CCc1c(C)cc(C)cc1N1C(=O)CN(Cc2ccccc2)C(=O)[C@H]1c1ccccc1. The number of rotatable bonds is 6. The molecule has 0 saturated carbocycles. The Kier molecular flexibility index (Phi) is 6.22. The lowest BCUT2D eigenvalue weighted by Crippen LogP contribution is -2.55. The van der Waals surface area contributed by atoms with Crippen LogP contribution in [-0.4, -0.2) is 23.3 Å². The smallest absolute Gasteiger partial charge is 0.251 e. The lowest BCUT2D eigenvalue weighted by Gasteiger charge is -2.41. The molecule has 0 spiro atoms. The Morgan fingerprint density at radius 1 is 0.969 bits per heavy atom. The van der Waals surface area contributed by atoms with Gasteiger partial charge in [0.2, 0.25) is 5.91 Å². The van der Waals surface area contributed by atoms with Crippen molar-refractivity contribution in [2.24, 2.45) is 0 Å². The summed E-state index contributed by atoms with van der Waals surface area (Å²) in [5.74, 6) is -0.145. The molecule has 0 radical (unpaired) electrons. The minimum absolute atomic E-state index is 0.0532. The molecule has 4 nitrogen and oxygen atoms in total. The molecule has 1 heterocycles. The monoisotopic (exact) mass is 424 g/mol. The third kappa shape index (κ3) is 4.22. The van der Waals surface area contributed by atoms with Crippen LogP contribution in [0.2, 0.25) is 0 Å². The molecular weight excluding hydrogens is 396 g/mol. The van der Waals surface area contributed by atoms with E-state index in [-0.39, 0.29) is 18.4 Å². The van der Waals surface area contributed by atoms with Crippen LogP contribution in [0.4, 0.5) is 5.69 Å². The van der Waals surface area contributed by atoms with Crippen LogP contribution in [0, 0.1) is 13.8 Å². The summed E-state index contributed by atoms with van der Waals surface area (Å²) in [7, 11) is 0. The van der Waals surface area contributed by atoms with Crippen LogP contribution >= 0.6 is 0 Å². The number of hydrogen-bond acceptors (Lipinski definition) is 2. The van der Waals surface area contributed by atoms with E-state index in [1.54, 1.807) is 9.80 Å². The molecule has 1 aliphatic heterocycles. The van der Waals surface area contributed by atoms with E-state index in [4.69, 9.17) is 0 Å². The third-order valence-electron chi connectivity index (χ3n) is 5.93. The predicted octanol–water partition coefficient (Wildman–Crippen LogP) is 5.15. The number of carbonyl (C=O) groups excluding carboxylic acids is 2. The van der Waals surface area contributed by atoms with E-state index in [0.29, 0.717) is 13.0 Å². The Labute approximate surface area is 189 Å². The Hall–Kier alpha value is -3.66. The third-order valence-corrected chi connectivity index (χ3v) is 5.93. The maximum absolute atomic E-state index is 13.8. The van der Waals surface area contributed by atoms with Gasteiger partial charge in [-0.25, -0.2) is 0 Å². The van der Waals surface area contributed by atoms with Crippen molar-refractivity contribution in [2.45, 2.75) is 32.9 Å². The van der Waals surface area contributed by atoms with Gasteiger partial charge in [0.05, 0.1) is 0 Å². The van der Waals surface area contributed by atoms with Crippen LogP contribution in [0.25, 0.3) is 0 Å². The first-order valence-electron chi connectivity index (χ1n) is 10.9. The lowest BCUT2D eigenvalue weighted by atomic mass is 9.94. The van der Waals surface area contributed by atoms with Crippen molar-refractivity contribution in [1.29, 1.82) is 0 Å². The zero-order valence-corrected chi connectivity index (χ0v) is 18.6. The van der Waals surface area contributed by atoms with E-state index in [9.17, 15) is 9.59 Å². The maximum Gasteiger partial charge on any atom is 0.251 e. The van der Waals surface area contributed by atoms with Gasteiger partial charge in [0.15, 0.2) is 0 Å². The van der Waals surface area contributed by atoms with E-state index in [1.165, 1.54) is 0 Å². The number of piperazine rings is 1. The minimum Gasteiger partial charge on any atom is -0.327 e. The Morgan fingerprint density at radius 2 is 1.62 bits per heavy atom. The van der Waals surface area contributed by atoms with Crippen molar-refractivity contribution in [3.05, 3.63) is 113 Å². The second-order valence-electron chi connectivity index (χ2n) is 8.33. The van der Waals surface area contributed by atoms with Gasteiger partial charge >= 0.3 is 0 Å². The molecule has 1 atom stereocenters. The number of nitrogens with zero attached hydrogens (tertiary/aromatic N) is 2. The Balaban J connectivity index is 1.82. The Bertz CT molecular complexity index is 1140. The van der Waals surface area contributed by atoms with Gasteiger partial charge in [-0.1, -0.05) is 72.8 Å². The fourth-order valence-corrected chi connectivity index (χ4v) is 4.48. The van der Waals surface area contributed by atoms with Gasteiger partial charge in [0.25, 0.3) is 5.91 Å². The zero-order valence-electron chi connectivity index (χ0n) is 18.6. The summed E-state index contributed by atoms with van der Waals surface area (Å²) in [4.78, 5) is 30.8. The molecule has 0 aromatic heterocycles. The fourth-order valence-electron chi connectivity index (χ4n) is 4.48. The van der Waals surface area contributed by atoms with E-state index >= 15 is 0 Å². The van der Waals surface area contributed by atoms with Crippen LogP contribution in [0.1, 0.15) is 33.9 Å². The largest absolute Gasteiger partial charge is 0.327 e. The summed E-state index contributed by atoms with van der Waals surface area (Å²) in [6.45, 7) is 8.43. The number of carbonyl (C=O) groups is 2. The van der Waals surface area contributed by atoms with E-state index < -0.39 is 6.04 Å². The number of allylic oxidation sites excluding steroid dienone is 1. The summed E-state index contributed by atoms with van der Waals surface area (Å²) in [5.41, 5.74) is 5.81. The van der Waals surface area contributed by atoms with Crippen molar-refractivity contribution >= 4 is 17.5 Å². The van der Waals surface area contributed by atoms with Gasteiger partial charge in [0, 0.05) is 12.2 Å². The van der Waals surface area contributed by atoms with Crippen LogP contribution in [0.15, 0.2) is 85.5 Å². The van der Waals surface area contributed by atoms with Crippen LogP contribution in [0.3, 0.4) is 0 Å². The van der Waals surface area contributed by atoms with Crippen molar-refractivity contribution in [2.75, 3.05) is 11.4 Å². The second-order valence-corrected chi connectivity index (χ2v) is 8.33. The molecule has 2 amide bonds. The minimum atomic E-state index is -0.703. The fraction of sp³-hybridized carbons (Fsp3) is 0.214. The molecule has 0 aliphatic carbocycles. The molecule has 0 bridgehead atoms. The number of amides is 2. The summed E-state index contributed by atoms with van der Waals surface area (Å²) < 4.78 is 0. The van der Waals surface area contributed by atoms with Crippen molar-refractivity contribution < 1.29 is 9.59 Å². The van der Waals surface area contributed by atoms with Crippen molar-refractivity contribution in [1.82, 2.24) is 4.90 Å². The molecule has 32 heavy (non-hydrogen) atoms. The van der Waals surface area contributed by atoms with Gasteiger partial charge < -0.3 is 4.90 Å². The highest BCUT2D eigenvalue weighted by Gasteiger charge is 2.42. The average Bonchev–Trinajstić information content (AvgIpc) is 2.79. The first-order valence-corrected chi connectivity index (χ1v) is 10.9. The first kappa shape index (κ1) is 21.6. The molecule has 0 unspecified atom stereocenters. The molecule has 1 fully saturated rings. The number of benzene rings is 3. The Morgan fingerprint density at radius 3 is 2.28 bits per heavy atom. The lowest BCUT2D eigenvalue weighted by molar-refractivity contribution is -0.142. The number of anilines is 1. The molecule has 3 aromatic rings. The first-order chi connectivity index (χ1) is 15.5. The van der Waals surface area contributed by atoms with Gasteiger partial charge in [0.1, 0.15) is 12.6 Å². The molecular formula is C28H28N2O2. The maximum atomic E-state index is 13.8. The summed E-state index contributed by atoms with van der Waals surface area (Å²) in [6.07, 6.45) is 2.48. The predicted molar refractivity (Wildman–Crippen MR) is 128 cm³/mol. The van der Waals surface area contributed by atoms with Crippen molar-refractivity contribution in [3.63, 3.8) is 0 Å². The van der Waals surface area contributed by atoms with Crippen LogP contribution in [-0.2, 0) is 22.6 Å². The number of aryl methyl sites for hydroxylation is 2. The summed E-state index contributed by atoms with van der Waals surface area (Å²) >= 11 is 0. The standard InChI is InChI=1S/C28H28N2O2/c1-4-11-24-21(3)16-20(2)17-25(24)30-26(31)19-29(18-22-12-7-5-8-13-22)28(32)27(30)23-14-9-6-10-15-23/h4-10,12-17,27H,1,11,18-19H2,2-3H3/t27-/m1/s1. The zero-order chi connectivity index (χ0) is 22.7. The molecule has 1 aliphatic rings. The number of hydrogen-bond donors (Lipinski definition) is 0. The quantitative estimate of drug-likeness (QED) is 0.514. The highest BCUT2D eigenvalue weighted by atomic mass is 16.2. The summed E-state index contributed by atoms with van der Waals surface area (Å²) in [5, 5.41) is 0. The average molecular weight is 425 g/mol. The van der Waals surface area contributed by atoms with Gasteiger partial charge in [-0.15, -0.1) is 6.58 Å². The van der Waals surface area contributed by atoms with E-state index in [0.717, 1.165) is 33.5 Å².